The van der Waals surface area contributed by atoms with Gasteiger partial charge in [-0.15, -0.1) is 0 Å². The first-order valence-corrected chi connectivity index (χ1v) is 17.3. The number of rotatable bonds is 5. The molecule has 3 saturated heterocycles. The number of amides is 6. The van der Waals surface area contributed by atoms with Gasteiger partial charge in [0.1, 0.15) is 60.1 Å². The second kappa shape index (κ2) is 16.2. The van der Waals surface area contributed by atoms with Gasteiger partial charge in [0.2, 0.25) is 29.5 Å². The molecule has 0 spiro atoms. The molecule has 3 fully saturated rings. The van der Waals surface area contributed by atoms with Crippen molar-refractivity contribution in [1.29, 1.82) is 0 Å². The van der Waals surface area contributed by atoms with Crippen LogP contribution in [0.1, 0.15) is 66.4 Å². The van der Waals surface area contributed by atoms with Crippen LogP contribution < -0.4 is 16.0 Å². The summed E-state index contributed by atoms with van der Waals surface area (Å²) in [4.78, 5) is 98.6. The molecule has 7 atom stereocenters. The number of halogens is 2. The minimum Gasteiger partial charge on any atom is -0.461 e. The van der Waals surface area contributed by atoms with Gasteiger partial charge < -0.3 is 40.1 Å². The molecule has 3 heterocycles. The SMILES string of the molecule is C[C@H]1C[C@H]2C(=O)OC[C@H](NC(=O)[C@H](Cc3cc(F)cc(F)c3)NC(=O)OC(C)(C)C)C(=O)N3CCC[C@H]3C(=O)N(C)[C@@H](C)C(=O)N[C@@H](C)C(=O)N2C1. The molecule has 17 heteroatoms. The minimum absolute atomic E-state index is 0.00481. The molecule has 0 saturated carbocycles. The zero-order chi connectivity index (χ0) is 38.7. The Bertz CT molecular complexity index is 1570. The summed E-state index contributed by atoms with van der Waals surface area (Å²) in [6, 6.07) is -4.69. The van der Waals surface area contributed by atoms with Crippen molar-refractivity contribution in [3.63, 3.8) is 0 Å². The second-order valence-electron chi connectivity index (χ2n) is 14.8. The predicted octanol–water partition coefficient (Wildman–Crippen LogP) is 1.02. The van der Waals surface area contributed by atoms with E-state index in [1.807, 2.05) is 6.92 Å². The molecule has 6 amide bonds. The lowest BCUT2D eigenvalue weighted by molar-refractivity contribution is -0.157. The first-order chi connectivity index (χ1) is 24.2. The Kier molecular flexibility index (Phi) is 12.5. The van der Waals surface area contributed by atoms with Crippen molar-refractivity contribution in [3.05, 3.63) is 35.4 Å². The number of nitrogens with one attached hydrogen (secondary N) is 3. The summed E-state index contributed by atoms with van der Waals surface area (Å²) in [5.41, 5.74) is -0.971. The second-order valence-corrected chi connectivity index (χ2v) is 14.8. The number of carbonyl (C=O) groups excluding carboxylic acids is 7. The lowest BCUT2D eigenvalue weighted by Gasteiger charge is -2.34. The molecule has 1 aromatic carbocycles. The fraction of sp³-hybridized carbons (Fsp3) is 0.629. The molecule has 0 aromatic heterocycles. The van der Waals surface area contributed by atoms with E-state index in [4.69, 9.17) is 9.47 Å². The summed E-state index contributed by atoms with van der Waals surface area (Å²) >= 11 is 0. The van der Waals surface area contributed by atoms with Gasteiger partial charge in [-0.25, -0.2) is 18.4 Å². The van der Waals surface area contributed by atoms with E-state index >= 15 is 0 Å². The maximum absolute atomic E-state index is 14.2. The zero-order valence-electron chi connectivity index (χ0n) is 30.5. The molecule has 0 bridgehead atoms. The number of cyclic esters (lactones) is 1. The van der Waals surface area contributed by atoms with Gasteiger partial charge in [0.25, 0.3) is 0 Å². The van der Waals surface area contributed by atoms with E-state index in [1.165, 1.54) is 35.6 Å². The minimum atomic E-state index is -1.60. The van der Waals surface area contributed by atoms with Crippen molar-refractivity contribution in [2.45, 2.75) is 109 Å². The standard InChI is InChI=1S/C35H48F2N6O9/c1-18-11-27-33(49)51-17-25(39-29(45)24(40-34(50)52-35(4,5)6)14-21-12-22(36)15-23(37)13-21)31(47)42-10-8-9-26(42)32(48)41(7)20(3)28(44)38-19(2)30(46)43(27)16-18/h12-13,15,18-20,24-27H,8-11,14,16-17H2,1-7H3,(H,38,44)(H,39,45)(H,40,50)/t18-,19-,20-,24-,25-,26-,27-/m0/s1. The first-order valence-electron chi connectivity index (χ1n) is 17.3. The molecule has 286 valence electrons. The van der Waals surface area contributed by atoms with E-state index in [1.54, 1.807) is 20.8 Å². The van der Waals surface area contributed by atoms with Gasteiger partial charge in [0, 0.05) is 32.6 Å². The van der Waals surface area contributed by atoms with Crippen molar-refractivity contribution in [2.24, 2.45) is 5.92 Å². The van der Waals surface area contributed by atoms with Crippen LogP contribution in [0.3, 0.4) is 0 Å². The van der Waals surface area contributed by atoms with E-state index in [2.05, 4.69) is 16.0 Å². The molecule has 15 nitrogen and oxygen atoms in total. The Labute approximate surface area is 301 Å². The highest BCUT2D eigenvalue weighted by molar-refractivity contribution is 5.97. The van der Waals surface area contributed by atoms with Crippen LogP contribution in [0, 0.1) is 17.6 Å². The number of hydrogen-bond acceptors (Lipinski definition) is 9. The van der Waals surface area contributed by atoms with Gasteiger partial charge in [-0.3, -0.25) is 24.0 Å². The third-order valence-electron chi connectivity index (χ3n) is 9.30. The summed E-state index contributed by atoms with van der Waals surface area (Å²) in [5.74, 6) is -6.29. The third kappa shape index (κ3) is 9.73. The number of likely N-dealkylation sites (N-methyl/N-ethyl adjacent to an activating group) is 1. The monoisotopic (exact) mass is 734 g/mol. The smallest absolute Gasteiger partial charge is 0.408 e. The predicted molar refractivity (Wildman–Crippen MR) is 180 cm³/mol. The fourth-order valence-corrected chi connectivity index (χ4v) is 6.58. The number of carbonyl (C=O) groups is 7. The van der Waals surface area contributed by atoms with Crippen LogP contribution in [0.15, 0.2) is 18.2 Å². The fourth-order valence-electron chi connectivity index (χ4n) is 6.58. The average molecular weight is 735 g/mol. The summed E-state index contributed by atoms with van der Waals surface area (Å²) in [7, 11) is 1.41. The van der Waals surface area contributed by atoms with E-state index in [-0.39, 0.29) is 37.4 Å². The Hall–Kier alpha value is -4.83. The highest BCUT2D eigenvalue weighted by Crippen LogP contribution is 2.26. The van der Waals surface area contributed by atoms with Crippen LogP contribution in [-0.2, 0) is 44.7 Å². The van der Waals surface area contributed by atoms with Crippen molar-refractivity contribution in [1.82, 2.24) is 30.7 Å². The quantitative estimate of drug-likeness (QED) is 0.372. The van der Waals surface area contributed by atoms with Gasteiger partial charge in [-0.2, -0.15) is 0 Å². The largest absolute Gasteiger partial charge is 0.461 e. The molecule has 0 radical (unpaired) electrons. The van der Waals surface area contributed by atoms with Crippen molar-refractivity contribution < 1.29 is 51.8 Å². The van der Waals surface area contributed by atoms with Crippen LogP contribution in [0.5, 0.6) is 0 Å². The first kappa shape index (κ1) is 39.9. The highest BCUT2D eigenvalue weighted by Gasteiger charge is 2.44. The summed E-state index contributed by atoms with van der Waals surface area (Å²) < 4.78 is 39.1. The number of nitrogens with zero attached hydrogens (tertiary/aromatic N) is 3. The molecule has 3 aliphatic heterocycles. The Morgan fingerprint density at radius 2 is 1.63 bits per heavy atom. The number of hydrogen-bond donors (Lipinski definition) is 3. The number of fused-ring (bicyclic) bond motifs is 2. The van der Waals surface area contributed by atoms with Crippen molar-refractivity contribution in [2.75, 3.05) is 26.7 Å². The van der Waals surface area contributed by atoms with Crippen LogP contribution in [0.4, 0.5) is 13.6 Å². The highest BCUT2D eigenvalue weighted by atomic mass is 19.1. The van der Waals surface area contributed by atoms with Crippen LogP contribution >= 0.6 is 0 Å². The average Bonchev–Trinajstić information content (AvgIpc) is 3.69. The Morgan fingerprint density at radius 3 is 2.27 bits per heavy atom. The van der Waals surface area contributed by atoms with E-state index in [0.29, 0.717) is 12.5 Å². The van der Waals surface area contributed by atoms with E-state index in [0.717, 1.165) is 12.1 Å². The number of esters is 1. The van der Waals surface area contributed by atoms with E-state index in [9.17, 15) is 42.3 Å². The number of benzene rings is 1. The molecule has 0 aliphatic carbocycles. The Balaban J connectivity index is 1.69. The number of ether oxygens (including phenoxy) is 2. The van der Waals surface area contributed by atoms with Crippen LogP contribution in [-0.4, -0.2) is 125 Å². The summed E-state index contributed by atoms with van der Waals surface area (Å²) in [5, 5.41) is 7.53. The van der Waals surface area contributed by atoms with Gasteiger partial charge in [0.15, 0.2) is 0 Å². The van der Waals surface area contributed by atoms with Crippen LogP contribution in [0.2, 0.25) is 0 Å². The summed E-state index contributed by atoms with van der Waals surface area (Å²) in [6.45, 7) is 9.16. The molecule has 3 aliphatic rings. The topological polar surface area (TPSA) is 184 Å². The maximum atomic E-state index is 14.2. The molecule has 4 rings (SSSR count). The van der Waals surface area contributed by atoms with E-state index < -0.39 is 108 Å². The Morgan fingerprint density at radius 1 is 0.981 bits per heavy atom. The van der Waals surface area contributed by atoms with Crippen LogP contribution in [0.25, 0.3) is 0 Å². The molecule has 3 N–H and O–H groups in total. The molecular formula is C35H48F2N6O9. The zero-order valence-corrected chi connectivity index (χ0v) is 30.5. The van der Waals surface area contributed by atoms with Crippen molar-refractivity contribution >= 4 is 41.6 Å². The number of alkyl carbamates (subject to hydrolysis) is 1. The summed E-state index contributed by atoms with van der Waals surface area (Å²) in [6.07, 6.45) is -0.566. The lowest BCUT2D eigenvalue weighted by atomic mass is 10.0. The van der Waals surface area contributed by atoms with Gasteiger partial charge in [-0.1, -0.05) is 6.92 Å². The third-order valence-corrected chi connectivity index (χ3v) is 9.30. The van der Waals surface area contributed by atoms with Gasteiger partial charge in [-0.05, 0) is 77.5 Å². The maximum Gasteiger partial charge on any atom is 0.408 e. The van der Waals surface area contributed by atoms with Crippen molar-refractivity contribution in [3.8, 4) is 0 Å². The molecule has 52 heavy (non-hydrogen) atoms. The molecule has 0 unspecified atom stereocenters. The normalized spacial score (nSPS) is 27.0. The molecule has 1 aromatic rings. The molecular weight excluding hydrogens is 686 g/mol. The lowest BCUT2D eigenvalue weighted by Crippen LogP contribution is -2.60. The van der Waals surface area contributed by atoms with Gasteiger partial charge >= 0.3 is 12.1 Å². The van der Waals surface area contributed by atoms with Gasteiger partial charge in [0.05, 0.1) is 0 Å².